The average Bonchev–Trinajstić information content (AvgIpc) is 2.15. The van der Waals surface area contributed by atoms with Gasteiger partial charge >= 0.3 is 7.60 Å². The standard InChI is InChI=1S/C10H15O4P/c1-7(2)8-3-5-9(6-4-8)10(11)15(12,13)14/h3-7,10-11H,1-2H3,(H2,12,13,14). The van der Waals surface area contributed by atoms with Gasteiger partial charge < -0.3 is 14.9 Å². The summed E-state index contributed by atoms with van der Waals surface area (Å²) in [6, 6.07) is 6.61. The first-order valence-electron chi connectivity index (χ1n) is 4.65. The SMILES string of the molecule is CC(C)c1ccc(C(O)P(=O)(O)O)cc1. The molecule has 0 radical (unpaired) electrons. The van der Waals surface area contributed by atoms with Crippen LogP contribution in [0.2, 0.25) is 0 Å². The minimum atomic E-state index is -4.46. The summed E-state index contributed by atoms with van der Waals surface area (Å²) in [7, 11) is -4.46. The number of hydrogen-bond acceptors (Lipinski definition) is 2. The molecule has 0 amide bonds. The van der Waals surface area contributed by atoms with Crippen LogP contribution in [0, 0.1) is 0 Å². The Labute approximate surface area is 88.7 Å². The number of benzene rings is 1. The van der Waals surface area contributed by atoms with Crippen LogP contribution >= 0.6 is 7.60 Å². The predicted molar refractivity (Wildman–Crippen MR) is 57.5 cm³/mol. The first-order valence-corrected chi connectivity index (χ1v) is 6.33. The first-order chi connectivity index (χ1) is 6.82. The van der Waals surface area contributed by atoms with Crippen molar-refractivity contribution in [3.8, 4) is 0 Å². The lowest BCUT2D eigenvalue weighted by Crippen LogP contribution is -1.98. The van der Waals surface area contributed by atoms with E-state index in [1.54, 1.807) is 24.3 Å². The quantitative estimate of drug-likeness (QED) is 0.694. The number of aliphatic hydroxyl groups is 1. The second-order valence-electron chi connectivity index (χ2n) is 3.78. The van der Waals surface area contributed by atoms with Gasteiger partial charge in [-0.1, -0.05) is 38.1 Å². The molecule has 0 aliphatic heterocycles. The van der Waals surface area contributed by atoms with Crippen LogP contribution in [0.3, 0.4) is 0 Å². The van der Waals surface area contributed by atoms with Gasteiger partial charge in [-0.25, -0.2) is 0 Å². The van der Waals surface area contributed by atoms with Gasteiger partial charge in [-0.05, 0) is 17.0 Å². The van der Waals surface area contributed by atoms with E-state index in [1.807, 2.05) is 13.8 Å². The Kier molecular flexibility index (Phi) is 3.68. The smallest absolute Gasteiger partial charge is 0.358 e. The first kappa shape index (κ1) is 12.4. The summed E-state index contributed by atoms with van der Waals surface area (Å²) in [5, 5.41) is 9.32. The van der Waals surface area contributed by atoms with Crippen molar-refractivity contribution < 1.29 is 19.5 Å². The molecule has 1 atom stereocenters. The van der Waals surface area contributed by atoms with Crippen LogP contribution in [0.4, 0.5) is 0 Å². The monoisotopic (exact) mass is 230 g/mol. The molecule has 0 bridgehead atoms. The Balaban J connectivity index is 2.94. The van der Waals surface area contributed by atoms with Crippen molar-refractivity contribution in [2.24, 2.45) is 0 Å². The lowest BCUT2D eigenvalue weighted by molar-refractivity contribution is 0.205. The van der Waals surface area contributed by atoms with Gasteiger partial charge in [0.25, 0.3) is 0 Å². The molecule has 15 heavy (non-hydrogen) atoms. The molecule has 3 N–H and O–H groups in total. The van der Waals surface area contributed by atoms with E-state index in [1.165, 1.54) is 0 Å². The van der Waals surface area contributed by atoms with E-state index in [0.29, 0.717) is 5.92 Å². The van der Waals surface area contributed by atoms with Gasteiger partial charge in [0.05, 0.1) is 0 Å². The second-order valence-corrected chi connectivity index (χ2v) is 5.45. The summed E-state index contributed by atoms with van der Waals surface area (Å²) >= 11 is 0. The Morgan fingerprint density at radius 2 is 1.47 bits per heavy atom. The van der Waals surface area contributed by atoms with E-state index >= 15 is 0 Å². The summed E-state index contributed by atoms with van der Waals surface area (Å²) in [6.45, 7) is 4.04. The Morgan fingerprint density at radius 3 is 1.80 bits per heavy atom. The van der Waals surface area contributed by atoms with Gasteiger partial charge in [0.1, 0.15) is 0 Å². The van der Waals surface area contributed by atoms with E-state index in [2.05, 4.69) is 0 Å². The fourth-order valence-electron chi connectivity index (χ4n) is 1.25. The summed E-state index contributed by atoms with van der Waals surface area (Å²) in [4.78, 5) is 17.6. The fourth-order valence-corrected chi connectivity index (χ4v) is 1.81. The zero-order valence-corrected chi connectivity index (χ0v) is 9.56. The fraction of sp³-hybridized carbons (Fsp3) is 0.400. The molecule has 84 valence electrons. The maximum atomic E-state index is 10.8. The molecule has 1 aromatic rings. The molecule has 0 saturated heterocycles. The van der Waals surface area contributed by atoms with Crippen molar-refractivity contribution in [2.45, 2.75) is 25.6 Å². The third kappa shape index (κ3) is 3.14. The van der Waals surface area contributed by atoms with E-state index in [9.17, 15) is 9.67 Å². The summed E-state index contributed by atoms with van der Waals surface area (Å²) in [6.07, 6.45) is 0. The molecular formula is C10H15O4P. The lowest BCUT2D eigenvalue weighted by atomic mass is 10.0. The maximum absolute atomic E-state index is 10.8. The zero-order chi connectivity index (χ0) is 11.6. The highest BCUT2D eigenvalue weighted by Gasteiger charge is 2.27. The van der Waals surface area contributed by atoms with Gasteiger partial charge in [-0.3, -0.25) is 4.57 Å². The van der Waals surface area contributed by atoms with Crippen molar-refractivity contribution in [1.29, 1.82) is 0 Å². The number of aliphatic hydroxyl groups excluding tert-OH is 1. The van der Waals surface area contributed by atoms with Crippen LogP contribution in [0.5, 0.6) is 0 Å². The van der Waals surface area contributed by atoms with Crippen LogP contribution in [0.1, 0.15) is 36.7 Å². The van der Waals surface area contributed by atoms with Gasteiger partial charge in [0.2, 0.25) is 0 Å². The minimum Gasteiger partial charge on any atom is -0.376 e. The molecular weight excluding hydrogens is 215 g/mol. The van der Waals surface area contributed by atoms with Crippen molar-refractivity contribution in [1.82, 2.24) is 0 Å². The van der Waals surface area contributed by atoms with E-state index < -0.39 is 13.4 Å². The molecule has 4 nitrogen and oxygen atoms in total. The molecule has 0 heterocycles. The topological polar surface area (TPSA) is 77.8 Å². The molecule has 1 aromatic carbocycles. The third-order valence-electron chi connectivity index (χ3n) is 2.22. The van der Waals surface area contributed by atoms with Crippen molar-refractivity contribution >= 4 is 7.60 Å². The Bertz CT molecular complexity index is 366. The second kappa shape index (κ2) is 4.45. The summed E-state index contributed by atoms with van der Waals surface area (Å²) in [5.41, 5.74) is 1.31. The molecule has 0 spiro atoms. The molecule has 5 heteroatoms. The highest BCUT2D eigenvalue weighted by atomic mass is 31.2. The van der Waals surface area contributed by atoms with Crippen molar-refractivity contribution in [3.63, 3.8) is 0 Å². The summed E-state index contributed by atoms with van der Waals surface area (Å²) in [5.74, 6) is -1.37. The van der Waals surface area contributed by atoms with Crippen LogP contribution in [0.15, 0.2) is 24.3 Å². The average molecular weight is 230 g/mol. The van der Waals surface area contributed by atoms with Gasteiger partial charge in [-0.2, -0.15) is 0 Å². The third-order valence-corrected chi connectivity index (χ3v) is 3.16. The van der Waals surface area contributed by atoms with Crippen LogP contribution in [0.25, 0.3) is 0 Å². The minimum absolute atomic E-state index is 0.243. The maximum Gasteiger partial charge on any atom is 0.358 e. The Hall–Kier alpha value is -0.670. The zero-order valence-electron chi connectivity index (χ0n) is 8.66. The molecule has 0 fully saturated rings. The number of hydrogen-bond donors (Lipinski definition) is 3. The highest BCUT2D eigenvalue weighted by Crippen LogP contribution is 2.49. The Morgan fingerprint density at radius 1 is 1.07 bits per heavy atom. The van der Waals surface area contributed by atoms with Gasteiger partial charge in [-0.15, -0.1) is 0 Å². The van der Waals surface area contributed by atoms with Crippen molar-refractivity contribution in [3.05, 3.63) is 35.4 Å². The van der Waals surface area contributed by atoms with E-state index in [4.69, 9.17) is 9.79 Å². The molecule has 1 rings (SSSR count). The lowest BCUT2D eigenvalue weighted by Gasteiger charge is -2.13. The molecule has 0 saturated carbocycles. The van der Waals surface area contributed by atoms with Crippen LogP contribution in [-0.4, -0.2) is 14.9 Å². The van der Waals surface area contributed by atoms with E-state index in [0.717, 1.165) is 5.56 Å². The molecule has 0 aliphatic rings. The van der Waals surface area contributed by atoms with Gasteiger partial charge in [0, 0.05) is 0 Å². The largest absolute Gasteiger partial charge is 0.376 e. The summed E-state index contributed by atoms with van der Waals surface area (Å²) < 4.78 is 10.8. The van der Waals surface area contributed by atoms with E-state index in [-0.39, 0.29) is 5.56 Å². The molecule has 1 unspecified atom stereocenters. The predicted octanol–water partition coefficient (Wildman–Crippen LogP) is 1.98. The van der Waals surface area contributed by atoms with Crippen LogP contribution in [-0.2, 0) is 4.57 Å². The van der Waals surface area contributed by atoms with Gasteiger partial charge in [0.15, 0.2) is 5.85 Å². The van der Waals surface area contributed by atoms with Crippen LogP contribution < -0.4 is 0 Å². The number of rotatable bonds is 3. The normalized spacial score (nSPS) is 14.3. The molecule has 0 aliphatic carbocycles. The van der Waals surface area contributed by atoms with Crippen molar-refractivity contribution in [2.75, 3.05) is 0 Å². The molecule has 0 aromatic heterocycles. The highest BCUT2D eigenvalue weighted by molar-refractivity contribution is 7.51.